The van der Waals surface area contributed by atoms with Crippen molar-refractivity contribution in [3.8, 4) is 0 Å². The molecular formula is C14H28N2. The lowest BCUT2D eigenvalue weighted by Gasteiger charge is -2.34. The first-order valence-electron chi connectivity index (χ1n) is 6.33. The molecule has 2 nitrogen and oxygen atoms in total. The van der Waals surface area contributed by atoms with E-state index in [1.54, 1.807) is 5.57 Å². The normalized spacial score (nSPS) is 17.2. The predicted octanol–water partition coefficient (Wildman–Crippen LogP) is 2.71. The van der Waals surface area contributed by atoms with Gasteiger partial charge in [-0.1, -0.05) is 26.3 Å². The molecule has 16 heavy (non-hydrogen) atoms. The van der Waals surface area contributed by atoms with Gasteiger partial charge in [0.15, 0.2) is 0 Å². The van der Waals surface area contributed by atoms with E-state index in [1.165, 1.54) is 12.0 Å². The summed E-state index contributed by atoms with van der Waals surface area (Å²) in [6, 6.07) is 0. The predicted molar refractivity (Wildman–Crippen MR) is 71.7 cm³/mol. The zero-order chi connectivity index (χ0) is 12.4. The zero-order valence-corrected chi connectivity index (χ0v) is 11.8. The molecule has 1 aliphatic heterocycles. The molecule has 0 aromatic heterocycles. The third-order valence-corrected chi connectivity index (χ3v) is 3.08. The van der Waals surface area contributed by atoms with Gasteiger partial charge >= 0.3 is 0 Å². The maximum absolute atomic E-state index is 3.68. The van der Waals surface area contributed by atoms with E-state index in [-0.39, 0.29) is 5.54 Å². The molecule has 2 heteroatoms. The van der Waals surface area contributed by atoms with Crippen LogP contribution >= 0.6 is 0 Å². The van der Waals surface area contributed by atoms with Crippen LogP contribution in [0.2, 0.25) is 0 Å². The Bertz CT molecular complexity index is 263. The van der Waals surface area contributed by atoms with Gasteiger partial charge < -0.3 is 10.6 Å². The van der Waals surface area contributed by atoms with E-state index < -0.39 is 0 Å². The van der Waals surface area contributed by atoms with Crippen molar-refractivity contribution in [3.63, 3.8) is 0 Å². The maximum atomic E-state index is 3.68. The molecular weight excluding hydrogens is 196 g/mol. The van der Waals surface area contributed by atoms with Crippen molar-refractivity contribution in [2.24, 2.45) is 5.41 Å². The van der Waals surface area contributed by atoms with Gasteiger partial charge in [-0.05, 0) is 38.2 Å². The van der Waals surface area contributed by atoms with Crippen molar-refractivity contribution in [2.45, 2.75) is 53.5 Å². The van der Waals surface area contributed by atoms with Crippen molar-refractivity contribution in [2.75, 3.05) is 19.6 Å². The molecule has 0 amide bonds. The summed E-state index contributed by atoms with van der Waals surface area (Å²) in [4.78, 5) is 0. The van der Waals surface area contributed by atoms with Crippen LogP contribution in [0.5, 0.6) is 0 Å². The summed E-state index contributed by atoms with van der Waals surface area (Å²) in [6.45, 7) is 17.0. The van der Waals surface area contributed by atoms with E-state index in [0.29, 0.717) is 5.41 Å². The van der Waals surface area contributed by atoms with Crippen LogP contribution in [-0.4, -0.2) is 25.2 Å². The fourth-order valence-electron chi connectivity index (χ4n) is 2.44. The number of hydrogen-bond acceptors (Lipinski definition) is 2. The van der Waals surface area contributed by atoms with Crippen LogP contribution in [0.4, 0.5) is 0 Å². The van der Waals surface area contributed by atoms with Crippen molar-refractivity contribution in [1.82, 2.24) is 10.6 Å². The highest BCUT2D eigenvalue weighted by atomic mass is 15.0. The number of rotatable bonds is 4. The smallest absolute Gasteiger partial charge is 0.0183 e. The topological polar surface area (TPSA) is 24.1 Å². The van der Waals surface area contributed by atoms with Crippen molar-refractivity contribution >= 4 is 0 Å². The number of hydrogen-bond donors (Lipinski definition) is 2. The Hall–Kier alpha value is -0.340. The molecule has 0 aliphatic carbocycles. The van der Waals surface area contributed by atoms with Crippen molar-refractivity contribution in [1.29, 1.82) is 0 Å². The average molecular weight is 224 g/mol. The molecule has 0 radical (unpaired) electrons. The lowest BCUT2D eigenvalue weighted by Crippen LogP contribution is -2.44. The van der Waals surface area contributed by atoms with Gasteiger partial charge in [-0.25, -0.2) is 0 Å². The van der Waals surface area contributed by atoms with Gasteiger partial charge in [0.25, 0.3) is 0 Å². The van der Waals surface area contributed by atoms with Crippen LogP contribution in [-0.2, 0) is 0 Å². The summed E-state index contributed by atoms with van der Waals surface area (Å²) < 4.78 is 0. The Kier molecular flexibility index (Phi) is 4.19. The molecule has 0 unspecified atom stereocenters. The lowest BCUT2D eigenvalue weighted by atomic mass is 9.81. The van der Waals surface area contributed by atoms with Gasteiger partial charge in [-0.15, -0.1) is 0 Å². The van der Waals surface area contributed by atoms with Crippen LogP contribution in [0.25, 0.3) is 0 Å². The van der Waals surface area contributed by atoms with E-state index in [9.17, 15) is 0 Å². The molecule has 0 bridgehead atoms. The lowest BCUT2D eigenvalue weighted by molar-refractivity contribution is 0.247. The average Bonchev–Trinajstić information content (AvgIpc) is 1.92. The van der Waals surface area contributed by atoms with E-state index in [2.05, 4.69) is 52.2 Å². The highest BCUT2D eigenvalue weighted by Gasteiger charge is 2.25. The van der Waals surface area contributed by atoms with Gasteiger partial charge in [0.2, 0.25) is 0 Å². The highest BCUT2D eigenvalue weighted by Crippen LogP contribution is 2.26. The second-order valence-corrected chi connectivity index (χ2v) is 6.96. The summed E-state index contributed by atoms with van der Waals surface area (Å²) in [7, 11) is 0. The molecule has 0 saturated carbocycles. The molecule has 1 saturated heterocycles. The summed E-state index contributed by atoms with van der Waals surface area (Å²) in [6.07, 6.45) is 1.20. The molecule has 0 atom stereocenters. The van der Waals surface area contributed by atoms with Crippen LogP contribution in [0.1, 0.15) is 48.0 Å². The largest absolute Gasteiger partial charge is 0.309 e. The van der Waals surface area contributed by atoms with Gasteiger partial charge in [0.1, 0.15) is 0 Å². The molecule has 0 spiro atoms. The minimum Gasteiger partial charge on any atom is -0.309 e. The van der Waals surface area contributed by atoms with E-state index in [0.717, 1.165) is 19.6 Å². The van der Waals surface area contributed by atoms with Crippen LogP contribution < -0.4 is 10.6 Å². The van der Waals surface area contributed by atoms with Crippen LogP contribution in [0, 0.1) is 5.41 Å². The van der Waals surface area contributed by atoms with Crippen molar-refractivity contribution < 1.29 is 0 Å². The summed E-state index contributed by atoms with van der Waals surface area (Å²) >= 11 is 0. The van der Waals surface area contributed by atoms with Crippen molar-refractivity contribution in [3.05, 3.63) is 11.1 Å². The third-order valence-electron chi connectivity index (χ3n) is 3.08. The summed E-state index contributed by atoms with van der Waals surface area (Å²) in [5.41, 5.74) is 3.70. The van der Waals surface area contributed by atoms with Crippen LogP contribution in [0.15, 0.2) is 11.1 Å². The van der Waals surface area contributed by atoms with Crippen LogP contribution in [0.3, 0.4) is 0 Å². The molecule has 94 valence electrons. The fourth-order valence-corrected chi connectivity index (χ4v) is 2.44. The van der Waals surface area contributed by atoms with Gasteiger partial charge in [-0.3, -0.25) is 0 Å². The molecule has 1 rings (SSSR count). The van der Waals surface area contributed by atoms with E-state index in [1.807, 2.05) is 0 Å². The molecule has 0 aromatic carbocycles. The summed E-state index contributed by atoms with van der Waals surface area (Å²) in [5, 5.41) is 6.97. The fraction of sp³-hybridized carbons (Fsp3) is 0.857. The second kappa shape index (κ2) is 4.89. The first-order valence-corrected chi connectivity index (χ1v) is 6.33. The second-order valence-electron chi connectivity index (χ2n) is 6.96. The quantitative estimate of drug-likeness (QED) is 0.718. The highest BCUT2D eigenvalue weighted by molar-refractivity contribution is 5.22. The third kappa shape index (κ3) is 4.67. The molecule has 1 aliphatic rings. The van der Waals surface area contributed by atoms with Gasteiger partial charge in [0, 0.05) is 25.2 Å². The first kappa shape index (κ1) is 13.7. The Balaban J connectivity index is 2.41. The van der Waals surface area contributed by atoms with E-state index in [4.69, 9.17) is 0 Å². The minimum absolute atomic E-state index is 0.219. The Labute approximate surface area is 101 Å². The van der Waals surface area contributed by atoms with Gasteiger partial charge in [-0.2, -0.15) is 0 Å². The molecule has 1 heterocycles. The Morgan fingerprint density at radius 1 is 1.19 bits per heavy atom. The maximum Gasteiger partial charge on any atom is 0.0183 e. The standard InChI is InChI=1S/C14H28N2/c1-11(12-8-15-9-12)7-16-14(5,6)10-13(2,3)4/h15-16H,7-10H2,1-6H3. The minimum atomic E-state index is 0.219. The SMILES string of the molecule is CC(CNC(C)(C)CC(C)(C)C)=C1CNC1. The van der Waals surface area contributed by atoms with E-state index >= 15 is 0 Å². The first-order chi connectivity index (χ1) is 7.20. The Morgan fingerprint density at radius 2 is 1.75 bits per heavy atom. The Morgan fingerprint density at radius 3 is 2.12 bits per heavy atom. The molecule has 0 aromatic rings. The monoisotopic (exact) mass is 224 g/mol. The zero-order valence-electron chi connectivity index (χ0n) is 11.8. The van der Waals surface area contributed by atoms with Gasteiger partial charge in [0.05, 0.1) is 0 Å². The molecule has 1 fully saturated rings. The molecule has 2 N–H and O–H groups in total. The number of nitrogens with one attached hydrogen (secondary N) is 2. The summed E-state index contributed by atoms with van der Waals surface area (Å²) in [5.74, 6) is 0.